The summed E-state index contributed by atoms with van der Waals surface area (Å²) in [5.41, 5.74) is 8.28. The molecule has 7 heteroatoms. The van der Waals surface area contributed by atoms with E-state index in [0.29, 0.717) is 30.3 Å². The molecule has 0 radical (unpaired) electrons. The number of carbonyl (C=O) groups excluding carboxylic acids is 1. The molecule has 0 saturated carbocycles. The maximum Gasteiger partial charge on any atom is 0.338 e. The van der Waals surface area contributed by atoms with Crippen LogP contribution in [0.2, 0.25) is 0 Å². The van der Waals surface area contributed by atoms with Gasteiger partial charge >= 0.3 is 5.97 Å². The molecule has 1 saturated heterocycles. The lowest BCUT2D eigenvalue weighted by Crippen LogP contribution is -2.35. The standard InChI is InChI=1S/C17H24BrClN2O3/c18-15-11-13(17(22)24-7-3-1-2-4-19)10-14(16(15)20)12-21-5-8-23-9-6-21/h10-11H,1-9,12,20H2. The zero-order valence-electron chi connectivity index (χ0n) is 13.7. The molecule has 1 aliphatic rings. The molecule has 2 rings (SSSR count). The Bertz CT molecular complexity index is 551. The number of nitrogens with zero attached hydrogens (tertiary/aromatic N) is 1. The van der Waals surface area contributed by atoms with Crippen LogP contribution in [0, 0.1) is 0 Å². The third kappa shape index (κ3) is 5.92. The van der Waals surface area contributed by atoms with Crippen molar-refractivity contribution < 1.29 is 14.3 Å². The molecule has 1 aliphatic heterocycles. The molecule has 5 nitrogen and oxygen atoms in total. The Hall–Kier alpha value is -0.820. The molecule has 0 aromatic heterocycles. The number of hydrogen-bond acceptors (Lipinski definition) is 5. The molecule has 1 aromatic rings. The summed E-state index contributed by atoms with van der Waals surface area (Å²) < 4.78 is 11.4. The lowest BCUT2D eigenvalue weighted by molar-refractivity contribution is 0.0342. The number of carbonyl (C=O) groups is 1. The minimum absolute atomic E-state index is 0.315. The van der Waals surface area contributed by atoms with E-state index in [9.17, 15) is 4.79 Å². The van der Waals surface area contributed by atoms with Gasteiger partial charge in [-0.1, -0.05) is 0 Å². The van der Waals surface area contributed by atoms with Gasteiger partial charge in [0, 0.05) is 30.0 Å². The van der Waals surface area contributed by atoms with Crippen LogP contribution in [0.3, 0.4) is 0 Å². The number of morpholine rings is 1. The molecular weight excluding hydrogens is 396 g/mol. The molecule has 1 heterocycles. The van der Waals surface area contributed by atoms with Gasteiger partial charge in [-0.05, 0) is 52.9 Å². The number of halogens is 2. The summed E-state index contributed by atoms with van der Waals surface area (Å²) in [4.78, 5) is 14.5. The van der Waals surface area contributed by atoms with E-state index in [-0.39, 0.29) is 5.97 Å². The highest BCUT2D eigenvalue weighted by atomic mass is 79.9. The van der Waals surface area contributed by atoms with Crippen molar-refractivity contribution in [2.75, 3.05) is 44.5 Å². The zero-order chi connectivity index (χ0) is 17.4. The van der Waals surface area contributed by atoms with Crippen molar-refractivity contribution in [1.29, 1.82) is 0 Å². The molecule has 0 bridgehead atoms. The van der Waals surface area contributed by atoms with Crippen LogP contribution in [0.5, 0.6) is 0 Å². The lowest BCUT2D eigenvalue weighted by Gasteiger charge is -2.27. The van der Waals surface area contributed by atoms with Crippen LogP contribution in [-0.4, -0.2) is 49.7 Å². The maximum atomic E-state index is 12.2. The Morgan fingerprint density at radius 3 is 2.75 bits per heavy atom. The third-order valence-corrected chi connectivity index (χ3v) is 4.88. The number of ether oxygens (including phenoxy) is 2. The second kappa shape index (κ2) is 10.2. The SMILES string of the molecule is Nc1c(Br)cc(C(=O)OCCCCCCl)cc1CN1CCOCC1. The molecular formula is C17H24BrClN2O3. The number of rotatable bonds is 8. The van der Waals surface area contributed by atoms with E-state index in [1.54, 1.807) is 6.07 Å². The van der Waals surface area contributed by atoms with Gasteiger partial charge in [-0.2, -0.15) is 0 Å². The predicted octanol–water partition coefficient (Wildman–Crippen LogP) is 3.43. The summed E-state index contributed by atoms with van der Waals surface area (Å²) in [6.45, 7) is 4.30. The molecule has 2 N–H and O–H groups in total. The van der Waals surface area contributed by atoms with Crippen LogP contribution in [-0.2, 0) is 16.0 Å². The van der Waals surface area contributed by atoms with E-state index in [1.807, 2.05) is 6.07 Å². The van der Waals surface area contributed by atoms with Crippen molar-refractivity contribution in [3.8, 4) is 0 Å². The van der Waals surface area contributed by atoms with Crippen molar-refractivity contribution in [2.24, 2.45) is 0 Å². The maximum absolute atomic E-state index is 12.2. The predicted molar refractivity (Wildman–Crippen MR) is 99.5 cm³/mol. The van der Waals surface area contributed by atoms with Gasteiger partial charge in [-0.3, -0.25) is 4.90 Å². The molecule has 0 atom stereocenters. The van der Waals surface area contributed by atoms with Crippen LogP contribution >= 0.6 is 27.5 Å². The first kappa shape index (κ1) is 19.5. The van der Waals surface area contributed by atoms with E-state index >= 15 is 0 Å². The van der Waals surface area contributed by atoms with Crippen LogP contribution in [0.4, 0.5) is 5.69 Å². The topological polar surface area (TPSA) is 64.8 Å². The first-order chi connectivity index (χ1) is 11.6. The number of unbranched alkanes of at least 4 members (excludes halogenated alkanes) is 2. The Balaban J connectivity index is 1.98. The molecule has 0 aliphatic carbocycles. The number of anilines is 1. The van der Waals surface area contributed by atoms with Crippen molar-refractivity contribution in [2.45, 2.75) is 25.8 Å². The Morgan fingerprint density at radius 2 is 2.04 bits per heavy atom. The summed E-state index contributed by atoms with van der Waals surface area (Å²) in [7, 11) is 0. The summed E-state index contributed by atoms with van der Waals surface area (Å²) in [5, 5.41) is 0. The second-order valence-electron chi connectivity index (χ2n) is 5.80. The first-order valence-corrected chi connectivity index (χ1v) is 9.55. The Morgan fingerprint density at radius 1 is 1.29 bits per heavy atom. The average Bonchev–Trinajstić information content (AvgIpc) is 2.59. The summed E-state index contributed by atoms with van der Waals surface area (Å²) in [6.07, 6.45) is 2.73. The highest BCUT2D eigenvalue weighted by Gasteiger charge is 2.17. The van der Waals surface area contributed by atoms with Gasteiger partial charge in [0.15, 0.2) is 0 Å². The third-order valence-electron chi connectivity index (χ3n) is 3.96. The van der Waals surface area contributed by atoms with Gasteiger partial charge in [0.05, 0.1) is 31.1 Å². The van der Waals surface area contributed by atoms with Crippen LogP contribution in [0.25, 0.3) is 0 Å². The van der Waals surface area contributed by atoms with Gasteiger partial charge in [0.2, 0.25) is 0 Å². The minimum atomic E-state index is -0.315. The molecule has 1 fully saturated rings. The second-order valence-corrected chi connectivity index (χ2v) is 7.04. The normalized spacial score (nSPS) is 15.4. The Labute approximate surface area is 156 Å². The molecule has 0 unspecified atom stereocenters. The largest absolute Gasteiger partial charge is 0.462 e. The van der Waals surface area contributed by atoms with Gasteiger partial charge in [-0.25, -0.2) is 4.79 Å². The highest BCUT2D eigenvalue weighted by Crippen LogP contribution is 2.27. The first-order valence-electron chi connectivity index (χ1n) is 8.23. The number of nitrogen functional groups attached to an aromatic ring is 1. The minimum Gasteiger partial charge on any atom is -0.462 e. The van der Waals surface area contributed by atoms with Gasteiger partial charge in [-0.15, -0.1) is 11.6 Å². The summed E-state index contributed by atoms with van der Waals surface area (Å²) in [6, 6.07) is 3.55. The lowest BCUT2D eigenvalue weighted by atomic mass is 10.1. The van der Waals surface area contributed by atoms with Crippen LogP contribution in [0.1, 0.15) is 35.2 Å². The fourth-order valence-corrected chi connectivity index (χ4v) is 3.24. The Kier molecular flexibility index (Phi) is 8.32. The van der Waals surface area contributed by atoms with Gasteiger partial charge in [0.1, 0.15) is 0 Å². The number of nitrogens with two attached hydrogens (primary N) is 1. The average molecular weight is 420 g/mol. The summed E-state index contributed by atoms with van der Waals surface area (Å²) >= 11 is 9.07. The molecule has 0 spiro atoms. The smallest absolute Gasteiger partial charge is 0.338 e. The van der Waals surface area contributed by atoms with Crippen LogP contribution in [0.15, 0.2) is 16.6 Å². The fraction of sp³-hybridized carbons (Fsp3) is 0.588. The fourth-order valence-electron chi connectivity index (χ4n) is 2.55. The van der Waals surface area contributed by atoms with Gasteiger partial charge in [0.25, 0.3) is 0 Å². The van der Waals surface area contributed by atoms with Crippen molar-refractivity contribution >= 4 is 39.2 Å². The highest BCUT2D eigenvalue weighted by molar-refractivity contribution is 9.10. The molecule has 134 valence electrons. The van der Waals surface area contributed by atoms with E-state index < -0.39 is 0 Å². The van der Waals surface area contributed by atoms with Gasteiger partial charge < -0.3 is 15.2 Å². The zero-order valence-corrected chi connectivity index (χ0v) is 16.1. The van der Waals surface area contributed by atoms with Crippen molar-refractivity contribution in [1.82, 2.24) is 4.90 Å². The van der Waals surface area contributed by atoms with E-state index in [0.717, 1.165) is 55.6 Å². The number of alkyl halides is 1. The quantitative estimate of drug-likeness (QED) is 0.303. The van der Waals surface area contributed by atoms with E-state index in [2.05, 4.69) is 20.8 Å². The monoisotopic (exact) mass is 418 g/mol. The number of benzene rings is 1. The summed E-state index contributed by atoms with van der Waals surface area (Å²) in [5.74, 6) is 0.328. The number of hydrogen-bond donors (Lipinski definition) is 1. The van der Waals surface area contributed by atoms with E-state index in [4.69, 9.17) is 26.8 Å². The van der Waals surface area contributed by atoms with E-state index in [1.165, 1.54) is 0 Å². The molecule has 1 aromatic carbocycles. The van der Waals surface area contributed by atoms with Crippen molar-refractivity contribution in [3.05, 3.63) is 27.7 Å². The van der Waals surface area contributed by atoms with Crippen LogP contribution < -0.4 is 5.73 Å². The molecule has 0 amide bonds. The molecule has 24 heavy (non-hydrogen) atoms. The van der Waals surface area contributed by atoms with Crippen molar-refractivity contribution in [3.63, 3.8) is 0 Å². The number of esters is 1.